The van der Waals surface area contributed by atoms with E-state index in [-0.39, 0.29) is 5.75 Å². The van der Waals surface area contributed by atoms with Crippen LogP contribution in [0.3, 0.4) is 0 Å². The second-order valence-corrected chi connectivity index (χ2v) is 7.58. The van der Waals surface area contributed by atoms with E-state index >= 15 is 0 Å². The molecule has 0 N–H and O–H groups in total. The van der Waals surface area contributed by atoms with Crippen molar-refractivity contribution in [3.05, 3.63) is 24.3 Å². The lowest BCUT2D eigenvalue weighted by molar-refractivity contribution is 0.597. The molecule has 0 saturated carbocycles. The van der Waals surface area contributed by atoms with Gasteiger partial charge in [-0.05, 0) is 36.6 Å². The molecule has 1 aromatic rings. The summed E-state index contributed by atoms with van der Waals surface area (Å²) in [4.78, 5) is 2.74. The molecule has 18 heavy (non-hydrogen) atoms. The largest absolute Gasteiger partial charge is 0.371 e. The van der Waals surface area contributed by atoms with Crippen molar-refractivity contribution in [1.82, 2.24) is 0 Å². The average Bonchev–Trinajstić information content (AvgIpc) is 2.87. The first-order chi connectivity index (χ1) is 8.56. The van der Waals surface area contributed by atoms with E-state index in [1.54, 1.807) is 19.1 Å². The summed E-state index contributed by atoms with van der Waals surface area (Å²) in [5.41, 5.74) is 1.12. The topological polar surface area (TPSA) is 37.4 Å². The van der Waals surface area contributed by atoms with Crippen LogP contribution in [0, 0.1) is 5.92 Å². The fourth-order valence-corrected chi connectivity index (χ4v) is 3.64. The number of hydrogen-bond acceptors (Lipinski definition) is 3. The molecule has 0 radical (unpaired) electrons. The van der Waals surface area contributed by atoms with E-state index in [0.717, 1.165) is 24.1 Å². The SMILES string of the molecule is CCS(=O)(=O)c1ccc(N2CCC(CBr)C2)cc1. The maximum Gasteiger partial charge on any atom is 0.178 e. The highest BCUT2D eigenvalue weighted by Crippen LogP contribution is 2.26. The highest BCUT2D eigenvalue weighted by molar-refractivity contribution is 9.09. The molecule has 2 rings (SSSR count). The molecule has 3 nitrogen and oxygen atoms in total. The number of hydrogen-bond donors (Lipinski definition) is 0. The van der Waals surface area contributed by atoms with Crippen molar-refractivity contribution in [2.45, 2.75) is 18.2 Å². The van der Waals surface area contributed by atoms with E-state index in [1.807, 2.05) is 12.1 Å². The van der Waals surface area contributed by atoms with Gasteiger partial charge in [0.1, 0.15) is 0 Å². The van der Waals surface area contributed by atoms with Crippen LogP contribution in [0.1, 0.15) is 13.3 Å². The molecule has 1 aromatic carbocycles. The Morgan fingerprint density at radius 1 is 1.33 bits per heavy atom. The Morgan fingerprint density at radius 2 is 2.00 bits per heavy atom. The average molecular weight is 332 g/mol. The molecule has 5 heteroatoms. The van der Waals surface area contributed by atoms with Crippen molar-refractivity contribution in [2.75, 3.05) is 29.1 Å². The third-order valence-electron chi connectivity index (χ3n) is 3.45. The summed E-state index contributed by atoms with van der Waals surface area (Å²) in [6.07, 6.45) is 1.19. The minimum absolute atomic E-state index is 0.154. The number of rotatable bonds is 4. The molecule has 0 spiro atoms. The normalized spacial score (nSPS) is 20.3. The Labute approximate surface area is 117 Å². The molecule has 1 heterocycles. The Balaban J connectivity index is 2.14. The summed E-state index contributed by atoms with van der Waals surface area (Å²) in [5.74, 6) is 0.853. The van der Waals surface area contributed by atoms with E-state index in [4.69, 9.17) is 0 Å². The van der Waals surface area contributed by atoms with E-state index in [2.05, 4.69) is 20.8 Å². The Kier molecular flexibility index (Phi) is 4.33. The zero-order valence-corrected chi connectivity index (χ0v) is 12.9. The summed E-state index contributed by atoms with van der Waals surface area (Å²) >= 11 is 3.52. The number of nitrogens with zero attached hydrogens (tertiary/aromatic N) is 1. The van der Waals surface area contributed by atoms with Gasteiger partial charge < -0.3 is 4.90 Å². The van der Waals surface area contributed by atoms with Gasteiger partial charge in [-0.25, -0.2) is 8.42 Å². The standard InChI is InChI=1S/C13H18BrNO2S/c1-2-18(16,17)13-5-3-12(4-6-13)15-8-7-11(9-14)10-15/h3-6,11H,2,7-10H2,1H3. The molecule has 0 aliphatic carbocycles. The first kappa shape index (κ1) is 13.9. The molecule has 0 aromatic heterocycles. The van der Waals surface area contributed by atoms with Gasteiger partial charge >= 0.3 is 0 Å². The van der Waals surface area contributed by atoms with Gasteiger partial charge in [-0.2, -0.15) is 0 Å². The summed E-state index contributed by atoms with van der Waals surface area (Å²) in [7, 11) is -3.08. The van der Waals surface area contributed by atoms with Crippen LogP contribution in [0.5, 0.6) is 0 Å². The Bertz CT molecular complexity index is 498. The van der Waals surface area contributed by atoms with E-state index in [0.29, 0.717) is 10.8 Å². The lowest BCUT2D eigenvalue weighted by atomic mass is 10.2. The van der Waals surface area contributed by atoms with Gasteiger partial charge in [0.25, 0.3) is 0 Å². The molecule has 0 amide bonds. The summed E-state index contributed by atoms with van der Waals surface area (Å²) in [5, 5.41) is 1.03. The van der Waals surface area contributed by atoms with Crippen molar-refractivity contribution >= 4 is 31.5 Å². The first-order valence-electron chi connectivity index (χ1n) is 6.20. The van der Waals surface area contributed by atoms with Crippen LogP contribution in [0.2, 0.25) is 0 Å². The van der Waals surface area contributed by atoms with E-state index < -0.39 is 9.84 Å². The van der Waals surface area contributed by atoms with Gasteiger partial charge in [0.05, 0.1) is 10.6 Å². The van der Waals surface area contributed by atoms with Gasteiger partial charge in [0, 0.05) is 24.1 Å². The van der Waals surface area contributed by atoms with Crippen molar-refractivity contribution in [2.24, 2.45) is 5.92 Å². The smallest absolute Gasteiger partial charge is 0.178 e. The lowest BCUT2D eigenvalue weighted by Gasteiger charge is -2.18. The second-order valence-electron chi connectivity index (χ2n) is 4.65. The molecule has 0 bridgehead atoms. The fraction of sp³-hybridized carbons (Fsp3) is 0.538. The number of anilines is 1. The van der Waals surface area contributed by atoms with Gasteiger partial charge in [0.2, 0.25) is 0 Å². The maximum atomic E-state index is 11.7. The Morgan fingerprint density at radius 3 is 2.50 bits per heavy atom. The van der Waals surface area contributed by atoms with Crippen LogP contribution in [-0.4, -0.2) is 32.6 Å². The first-order valence-corrected chi connectivity index (χ1v) is 8.98. The molecule has 1 unspecified atom stereocenters. The fourth-order valence-electron chi connectivity index (χ4n) is 2.22. The molecule has 1 aliphatic heterocycles. The van der Waals surface area contributed by atoms with Crippen LogP contribution in [-0.2, 0) is 9.84 Å². The number of sulfone groups is 1. The van der Waals surface area contributed by atoms with Gasteiger partial charge in [-0.3, -0.25) is 0 Å². The van der Waals surface area contributed by atoms with Crippen molar-refractivity contribution < 1.29 is 8.42 Å². The van der Waals surface area contributed by atoms with Crippen LogP contribution in [0.15, 0.2) is 29.2 Å². The number of alkyl halides is 1. The molecular weight excluding hydrogens is 314 g/mol. The minimum atomic E-state index is -3.08. The van der Waals surface area contributed by atoms with Crippen LogP contribution < -0.4 is 4.90 Å². The zero-order valence-electron chi connectivity index (χ0n) is 10.5. The summed E-state index contributed by atoms with van der Waals surface area (Å²) in [6, 6.07) is 7.27. The van der Waals surface area contributed by atoms with Crippen molar-refractivity contribution in [3.63, 3.8) is 0 Å². The minimum Gasteiger partial charge on any atom is -0.371 e. The molecule has 1 atom stereocenters. The van der Waals surface area contributed by atoms with Crippen molar-refractivity contribution in [1.29, 1.82) is 0 Å². The quantitative estimate of drug-likeness (QED) is 0.796. The summed E-state index contributed by atoms with van der Waals surface area (Å²) in [6.45, 7) is 3.77. The molecular formula is C13H18BrNO2S. The molecule has 1 fully saturated rings. The van der Waals surface area contributed by atoms with Crippen LogP contribution in [0.25, 0.3) is 0 Å². The highest BCUT2D eigenvalue weighted by atomic mass is 79.9. The van der Waals surface area contributed by atoms with Gasteiger partial charge in [0.15, 0.2) is 9.84 Å². The maximum absolute atomic E-state index is 11.7. The monoisotopic (exact) mass is 331 g/mol. The predicted molar refractivity (Wildman–Crippen MR) is 78.3 cm³/mol. The van der Waals surface area contributed by atoms with E-state index in [9.17, 15) is 8.42 Å². The van der Waals surface area contributed by atoms with Crippen LogP contribution in [0.4, 0.5) is 5.69 Å². The van der Waals surface area contributed by atoms with Gasteiger partial charge in [-0.1, -0.05) is 22.9 Å². The van der Waals surface area contributed by atoms with Gasteiger partial charge in [-0.15, -0.1) is 0 Å². The third-order valence-corrected chi connectivity index (χ3v) is 6.11. The molecule has 1 saturated heterocycles. The number of benzene rings is 1. The molecule has 100 valence electrons. The third kappa shape index (κ3) is 2.88. The number of halogens is 1. The predicted octanol–water partition coefficient (Wildman–Crippen LogP) is 2.70. The summed E-state index contributed by atoms with van der Waals surface area (Å²) < 4.78 is 23.4. The Hall–Kier alpha value is -0.550. The van der Waals surface area contributed by atoms with E-state index in [1.165, 1.54) is 6.42 Å². The van der Waals surface area contributed by atoms with Crippen LogP contribution >= 0.6 is 15.9 Å². The second kappa shape index (κ2) is 5.61. The molecule has 1 aliphatic rings. The van der Waals surface area contributed by atoms with Crippen molar-refractivity contribution in [3.8, 4) is 0 Å². The zero-order chi connectivity index (χ0) is 13.2. The lowest BCUT2D eigenvalue weighted by Crippen LogP contribution is -2.19. The highest BCUT2D eigenvalue weighted by Gasteiger charge is 2.22.